The molecule has 0 aromatic heterocycles. The van der Waals surface area contributed by atoms with Crippen LogP contribution >= 0.6 is 11.6 Å². The molecular formula is C14H11ClO2. The monoisotopic (exact) mass is 246 g/mol. The van der Waals surface area contributed by atoms with E-state index in [9.17, 15) is 4.79 Å². The van der Waals surface area contributed by atoms with Crippen LogP contribution in [-0.2, 0) is 0 Å². The molecule has 0 unspecified atom stereocenters. The average Bonchev–Trinajstić information content (AvgIpc) is 2.39. The maximum absolute atomic E-state index is 12.2. The van der Waals surface area contributed by atoms with Crippen molar-refractivity contribution in [3.63, 3.8) is 0 Å². The fraction of sp³-hybridized carbons (Fsp3) is 0.0714. The summed E-state index contributed by atoms with van der Waals surface area (Å²) >= 11 is 6.02. The number of hydrogen-bond donors (Lipinski definition) is 0. The summed E-state index contributed by atoms with van der Waals surface area (Å²) in [4.78, 5) is 12.2. The van der Waals surface area contributed by atoms with Crippen LogP contribution < -0.4 is 4.74 Å². The summed E-state index contributed by atoms with van der Waals surface area (Å²) in [5, 5.41) is 0.430. The second-order valence-electron chi connectivity index (χ2n) is 3.54. The van der Waals surface area contributed by atoms with Crippen molar-refractivity contribution in [2.24, 2.45) is 0 Å². The summed E-state index contributed by atoms with van der Waals surface area (Å²) < 4.78 is 5.09. The molecule has 17 heavy (non-hydrogen) atoms. The minimum Gasteiger partial charge on any atom is -0.497 e. The number of carbonyl (C=O) groups is 1. The summed E-state index contributed by atoms with van der Waals surface area (Å²) in [6.07, 6.45) is 0. The Labute approximate surface area is 105 Å². The van der Waals surface area contributed by atoms with E-state index in [2.05, 4.69) is 0 Å². The Morgan fingerprint density at radius 3 is 2.47 bits per heavy atom. The van der Waals surface area contributed by atoms with Gasteiger partial charge in [-0.2, -0.15) is 0 Å². The molecule has 0 aliphatic heterocycles. The quantitative estimate of drug-likeness (QED) is 0.774. The molecular weight excluding hydrogens is 236 g/mol. The average molecular weight is 247 g/mol. The summed E-state index contributed by atoms with van der Waals surface area (Å²) in [5.74, 6) is 0.517. The molecule has 2 rings (SSSR count). The van der Waals surface area contributed by atoms with E-state index in [1.807, 2.05) is 18.2 Å². The van der Waals surface area contributed by atoms with Crippen molar-refractivity contribution < 1.29 is 9.53 Å². The zero-order valence-electron chi connectivity index (χ0n) is 9.31. The molecule has 2 nitrogen and oxygen atoms in total. The normalized spacial score (nSPS) is 10.0. The summed E-state index contributed by atoms with van der Waals surface area (Å²) in [5.41, 5.74) is 1.07. The molecule has 0 N–H and O–H groups in total. The van der Waals surface area contributed by atoms with Crippen LogP contribution in [0.3, 0.4) is 0 Å². The van der Waals surface area contributed by atoms with Crippen LogP contribution in [0, 0.1) is 0 Å². The first-order chi connectivity index (χ1) is 8.22. The number of rotatable bonds is 3. The van der Waals surface area contributed by atoms with Gasteiger partial charge in [0, 0.05) is 11.1 Å². The Kier molecular flexibility index (Phi) is 3.45. The topological polar surface area (TPSA) is 26.3 Å². The number of carbonyl (C=O) groups excluding carboxylic acids is 1. The molecule has 0 radical (unpaired) electrons. The summed E-state index contributed by atoms with van der Waals surface area (Å²) in [7, 11) is 1.56. The van der Waals surface area contributed by atoms with Crippen LogP contribution in [0.5, 0.6) is 5.75 Å². The molecule has 0 amide bonds. The zero-order chi connectivity index (χ0) is 12.3. The van der Waals surface area contributed by atoms with Gasteiger partial charge in [0.05, 0.1) is 12.1 Å². The van der Waals surface area contributed by atoms with E-state index in [1.54, 1.807) is 37.4 Å². The first-order valence-electron chi connectivity index (χ1n) is 5.15. The lowest BCUT2D eigenvalue weighted by Gasteiger charge is -2.06. The lowest BCUT2D eigenvalue weighted by molar-refractivity contribution is 0.103. The number of hydrogen-bond acceptors (Lipinski definition) is 2. The molecule has 2 aromatic carbocycles. The fourth-order valence-electron chi connectivity index (χ4n) is 1.55. The van der Waals surface area contributed by atoms with Crippen LogP contribution in [0.15, 0.2) is 48.5 Å². The summed E-state index contributed by atoms with van der Waals surface area (Å²) in [6.45, 7) is 0. The predicted octanol–water partition coefficient (Wildman–Crippen LogP) is 3.58. The zero-order valence-corrected chi connectivity index (χ0v) is 10.1. The lowest BCUT2D eigenvalue weighted by Crippen LogP contribution is -2.02. The van der Waals surface area contributed by atoms with Gasteiger partial charge in [0.25, 0.3) is 0 Å². The smallest absolute Gasteiger partial charge is 0.194 e. The van der Waals surface area contributed by atoms with Gasteiger partial charge in [0.1, 0.15) is 5.75 Å². The molecule has 0 aliphatic rings. The first-order valence-corrected chi connectivity index (χ1v) is 5.53. The molecule has 0 atom stereocenters. The fourth-order valence-corrected chi connectivity index (χ4v) is 1.75. The number of methoxy groups -OCH3 is 1. The molecule has 3 heteroatoms. The van der Waals surface area contributed by atoms with Crippen molar-refractivity contribution in [2.45, 2.75) is 0 Å². The minimum absolute atomic E-state index is 0.102. The highest BCUT2D eigenvalue weighted by atomic mass is 35.5. The number of benzene rings is 2. The third-order valence-electron chi connectivity index (χ3n) is 2.45. The van der Waals surface area contributed by atoms with Gasteiger partial charge in [-0.3, -0.25) is 4.79 Å². The molecule has 0 saturated carbocycles. The Hall–Kier alpha value is -1.80. The number of ether oxygens (including phenoxy) is 1. The number of halogens is 1. The van der Waals surface area contributed by atoms with E-state index in [1.165, 1.54) is 0 Å². The van der Waals surface area contributed by atoms with Crippen LogP contribution in [-0.4, -0.2) is 12.9 Å². The van der Waals surface area contributed by atoms with Crippen LogP contribution in [0.2, 0.25) is 5.02 Å². The predicted molar refractivity (Wildman–Crippen MR) is 67.9 cm³/mol. The maximum atomic E-state index is 12.2. The Morgan fingerprint density at radius 1 is 1.12 bits per heavy atom. The molecule has 0 fully saturated rings. The van der Waals surface area contributed by atoms with Gasteiger partial charge in [-0.1, -0.05) is 41.9 Å². The van der Waals surface area contributed by atoms with Crippen LogP contribution in [0.25, 0.3) is 0 Å². The molecule has 0 bridgehead atoms. The van der Waals surface area contributed by atoms with E-state index in [0.717, 1.165) is 0 Å². The van der Waals surface area contributed by atoms with Gasteiger partial charge < -0.3 is 4.74 Å². The van der Waals surface area contributed by atoms with E-state index < -0.39 is 0 Å². The highest BCUT2D eigenvalue weighted by molar-refractivity contribution is 6.35. The van der Waals surface area contributed by atoms with E-state index in [4.69, 9.17) is 16.3 Å². The van der Waals surface area contributed by atoms with Crippen molar-refractivity contribution in [1.29, 1.82) is 0 Å². The molecule has 86 valence electrons. The third kappa shape index (κ3) is 2.48. The second kappa shape index (κ2) is 5.02. The van der Waals surface area contributed by atoms with Gasteiger partial charge in [0.2, 0.25) is 0 Å². The molecule has 0 aliphatic carbocycles. The van der Waals surface area contributed by atoms with Gasteiger partial charge in [-0.05, 0) is 18.2 Å². The Balaban J connectivity index is 2.44. The van der Waals surface area contributed by atoms with Gasteiger partial charge >= 0.3 is 0 Å². The van der Waals surface area contributed by atoms with Crippen LogP contribution in [0.4, 0.5) is 0 Å². The van der Waals surface area contributed by atoms with Crippen molar-refractivity contribution in [1.82, 2.24) is 0 Å². The van der Waals surface area contributed by atoms with Gasteiger partial charge in [-0.15, -0.1) is 0 Å². The highest BCUT2D eigenvalue weighted by Gasteiger charge is 2.13. The van der Waals surface area contributed by atoms with Crippen molar-refractivity contribution in [3.8, 4) is 5.75 Å². The maximum Gasteiger partial charge on any atom is 0.194 e. The molecule has 0 spiro atoms. The third-order valence-corrected chi connectivity index (χ3v) is 2.78. The highest BCUT2D eigenvalue weighted by Crippen LogP contribution is 2.24. The van der Waals surface area contributed by atoms with E-state index in [-0.39, 0.29) is 5.78 Å². The largest absolute Gasteiger partial charge is 0.497 e. The molecule has 0 saturated heterocycles. The second-order valence-corrected chi connectivity index (χ2v) is 3.95. The first kappa shape index (κ1) is 11.7. The van der Waals surface area contributed by atoms with Crippen LogP contribution in [0.1, 0.15) is 15.9 Å². The van der Waals surface area contributed by atoms with Gasteiger partial charge in [-0.25, -0.2) is 0 Å². The molecule has 2 aromatic rings. The van der Waals surface area contributed by atoms with Crippen molar-refractivity contribution in [3.05, 3.63) is 64.7 Å². The van der Waals surface area contributed by atoms with E-state index in [0.29, 0.717) is 21.9 Å². The van der Waals surface area contributed by atoms with E-state index >= 15 is 0 Å². The Bertz CT molecular complexity index is 535. The minimum atomic E-state index is -0.102. The summed E-state index contributed by atoms with van der Waals surface area (Å²) in [6, 6.07) is 14.1. The number of ketones is 1. The van der Waals surface area contributed by atoms with Crippen molar-refractivity contribution in [2.75, 3.05) is 7.11 Å². The molecule has 0 heterocycles. The van der Waals surface area contributed by atoms with Crippen molar-refractivity contribution >= 4 is 17.4 Å². The standard InChI is InChI=1S/C14H11ClO2/c1-17-11-7-8-13(15)12(9-11)14(16)10-5-3-2-4-6-10/h2-9H,1H3. The van der Waals surface area contributed by atoms with Gasteiger partial charge in [0.15, 0.2) is 5.78 Å². The SMILES string of the molecule is COc1ccc(Cl)c(C(=O)c2ccccc2)c1. The Morgan fingerprint density at radius 2 is 1.82 bits per heavy atom. The lowest BCUT2D eigenvalue weighted by atomic mass is 10.0.